The zero-order valence-electron chi connectivity index (χ0n) is 14.0. The Morgan fingerprint density at radius 1 is 1.55 bits per heavy atom. The first-order chi connectivity index (χ1) is 10.3. The summed E-state index contributed by atoms with van der Waals surface area (Å²) in [6.45, 7) is 9.46. The van der Waals surface area contributed by atoms with Crippen LogP contribution in [0.4, 0.5) is 4.79 Å². The first-order valence-corrected chi connectivity index (χ1v) is 8.86. The number of hydrogen-bond acceptors (Lipinski definition) is 4. The maximum atomic E-state index is 11.6. The van der Waals surface area contributed by atoms with Crippen molar-refractivity contribution in [3.63, 3.8) is 0 Å². The van der Waals surface area contributed by atoms with Gasteiger partial charge in [0.15, 0.2) is 0 Å². The highest BCUT2D eigenvalue weighted by atomic mass is 32.2. The molecule has 0 radical (unpaired) electrons. The maximum absolute atomic E-state index is 11.6. The van der Waals surface area contributed by atoms with Crippen molar-refractivity contribution in [3.8, 4) is 0 Å². The average molecular weight is 325 g/mol. The fraction of sp³-hybridized carbons (Fsp3) is 0.750. The molecule has 1 aliphatic heterocycles. The minimum absolute atomic E-state index is 0.314. The van der Waals surface area contributed by atoms with Gasteiger partial charge in [-0.3, -0.25) is 0 Å². The quantitative estimate of drug-likeness (QED) is 0.903. The molecule has 0 aromatic carbocycles. The van der Waals surface area contributed by atoms with Crippen molar-refractivity contribution >= 4 is 17.9 Å². The van der Waals surface area contributed by atoms with E-state index in [0.29, 0.717) is 11.3 Å². The van der Waals surface area contributed by atoms with Gasteiger partial charge in [0.2, 0.25) is 0 Å². The van der Waals surface area contributed by atoms with Gasteiger partial charge in [-0.25, -0.2) is 9.78 Å². The summed E-state index contributed by atoms with van der Waals surface area (Å²) in [4.78, 5) is 15.9. The molecule has 22 heavy (non-hydrogen) atoms. The molecule has 1 aromatic heterocycles. The monoisotopic (exact) mass is 325 g/mol. The topological polar surface area (TPSA) is 56.1 Å². The molecule has 2 rings (SSSR count). The minimum Gasteiger partial charge on any atom is -0.444 e. The van der Waals surface area contributed by atoms with E-state index in [1.165, 1.54) is 18.6 Å². The summed E-state index contributed by atoms with van der Waals surface area (Å²) in [5.74, 6) is 1.25. The van der Waals surface area contributed by atoms with Crippen LogP contribution >= 0.6 is 11.8 Å². The third-order valence-electron chi connectivity index (χ3n) is 3.65. The van der Waals surface area contributed by atoms with E-state index in [1.54, 1.807) is 0 Å². The van der Waals surface area contributed by atoms with Gasteiger partial charge in [-0.1, -0.05) is 0 Å². The van der Waals surface area contributed by atoms with Gasteiger partial charge in [0, 0.05) is 36.1 Å². The Labute approximate surface area is 137 Å². The van der Waals surface area contributed by atoms with Gasteiger partial charge in [-0.2, -0.15) is 11.8 Å². The van der Waals surface area contributed by atoms with E-state index in [0.717, 1.165) is 18.7 Å². The van der Waals surface area contributed by atoms with E-state index in [9.17, 15) is 4.79 Å². The summed E-state index contributed by atoms with van der Waals surface area (Å²) in [7, 11) is 0. The number of nitrogens with zero attached hydrogens (tertiary/aromatic N) is 2. The number of imidazole rings is 1. The van der Waals surface area contributed by atoms with Crippen LogP contribution in [0.2, 0.25) is 0 Å². The Morgan fingerprint density at radius 3 is 2.95 bits per heavy atom. The lowest BCUT2D eigenvalue weighted by Crippen LogP contribution is -2.34. The van der Waals surface area contributed by atoms with E-state index in [2.05, 4.69) is 21.8 Å². The normalized spacial score (nSPS) is 21.8. The van der Waals surface area contributed by atoms with Gasteiger partial charge < -0.3 is 14.6 Å². The molecule has 0 bridgehead atoms. The third kappa shape index (κ3) is 5.23. The SMILES string of the molecule is CC(C)(C)OC(=O)NCCc1cncn1CC1(C)CCCS1. The molecular formula is C16H27N3O2S. The van der Waals surface area contributed by atoms with E-state index in [-0.39, 0.29) is 6.09 Å². The average Bonchev–Trinajstić information content (AvgIpc) is 2.98. The molecule has 1 aromatic rings. The Hall–Kier alpha value is -1.17. The minimum atomic E-state index is -0.458. The largest absolute Gasteiger partial charge is 0.444 e. The van der Waals surface area contributed by atoms with Crippen molar-refractivity contribution in [2.45, 2.75) is 63.9 Å². The van der Waals surface area contributed by atoms with Crippen molar-refractivity contribution in [3.05, 3.63) is 18.2 Å². The number of aromatic nitrogens is 2. The molecule has 5 nitrogen and oxygen atoms in total. The molecule has 1 aliphatic rings. The summed E-state index contributed by atoms with van der Waals surface area (Å²) in [6.07, 6.45) is 6.74. The van der Waals surface area contributed by atoms with E-state index in [4.69, 9.17) is 4.74 Å². The highest BCUT2D eigenvalue weighted by Crippen LogP contribution is 2.39. The molecule has 1 amide bonds. The van der Waals surface area contributed by atoms with Crippen LogP contribution in [-0.4, -0.2) is 38.3 Å². The third-order valence-corrected chi connectivity index (χ3v) is 5.18. The fourth-order valence-corrected chi connectivity index (χ4v) is 3.93. The van der Waals surface area contributed by atoms with Gasteiger partial charge in [0.25, 0.3) is 0 Å². The van der Waals surface area contributed by atoms with E-state index in [1.807, 2.05) is 45.1 Å². The molecule has 1 unspecified atom stereocenters. The van der Waals surface area contributed by atoms with Crippen LogP contribution in [0, 0.1) is 0 Å². The van der Waals surface area contributed by atoms with Crippen LogP contribution in [0.25, 0.3) is 0 Å². The maximum Gasteiger partial charge on any atom is 0.407 e. The molecule has 2 heterocycles. The predicted octanol–water partition coefficient (Wildman–Crippen LogP) is 3.24. The van der Waals surface area contributed by atoms with Gasteiger partial charge >= 0.3 is 6.09 Å². The molecule has 1 saturated heterocycles. The molecule has 1 atom stereocenters. The lowest BCUT2D eigenvalue weighted by atomic mass is 10.1. The van der Waals surface area contributed by atoms with Crippen molar-refractivity contribution in [2.24, 2.45) is 0 Å². The van der Waals surface area contributed by atoms with Crippen molar-refractivity contribution in [1.82, 2.24) is 14.9 Å². The molecular weight excluding hydrogens is 298 g/mol. The summed E-state index contributed by atoms with van der Waals surface area (Å²) >= 11 is 2.05. The van der Waals surface area contributed by atoms with Gasteiger partial charge in [-0.15, -0.1) is 0 Å². The fourth-order valence-electron chi connectivity index (χ4n) is 2.63. The molecule has 1 N–H and O–H groups in total. The number of carbonyl (C=O) groups excluding carboxylic acids is 1. The van der Waals surface area contributed by atoms with Crippen LogP contribution in [0.15, 0.2) is 12.5 Å². The first kappa shape index (κ1) is 17.2. The van der Waals surface area contributed by atoms with Crippen LogP contribution in [-0.2, 0) is 17.7 Å². The van der Waals surface area contributed by atoms with Gasteiger partial charge in [0.05, 0.1) is 6.33 Å². The standard InChI is InChI=1S/C16H27N3O2S/c1-15(2,3)21-14(20)18-8-6-13-10-17-12-19(13)11-16(4)7-5-9-22-16/h10,12H,5-9,11H2,1-4H3,(H,18,20). The zero-order chi connectivity index (χ0) is 16.2. The number of ether oxygens (including phenoxy) is 1. The number of thioether (sulfide) groups is 1. The number of rotatable bonds is 5. The van der Waals surface area contributed by atoms with Crippen LogP contribution < -0.4 is 5.32 Å². The lowest BCUT2D eigenvalue weighted by molar-refractivity contribution is 0.0528. The Kier molecular flexibility index (Phi) is 5.42. The number of carbonyl (C=O) groups is 1. The first-order valence-electron chi connectivity index (χ1n) is 7.87. The Bertz CT molecular complexity index is 502. The smallest absolute Gasteiger partial charge is 0.407 e. The Balaban J connectivity index is 1.82. The predicted molar refractivity (Wildman–Crippen MR) is 90.3 cm³/mol. The molecule has 124 valence electrons. The lowest BCUT2D eigenvalue weighted by Gasteiger charge is -2.24. The number of alkyl carbamates (subject to hydrolysis) is 1. The summed E-state index contributed by atoms with van der Waals surface area (Å²) in [6, 6.07) is 0. The van der Waals surface area contributed by atoms with E-state index >= 15 is 0 Å². The molecule has 0 spiro atoms. The second-order valence-electron chi connectivity index (χ2n) is 7.09. The summed E-state index contributed by atoms with van der Waals surface area (Å²) in [5, 5.41) is 2.80. The molecule has 0 saturated carbocycles. The second kappa shape index (κ2) is 6.94. The van der Waals surface area contributed by atoms with Crippen LogP contribution in [0.3, 0.4) is 0 Å². The Morgan fingerprint density at radius 2 is 2.32 bits per heavy atom. The molecule has 6 heteroatoms. The van der Waals surface area contributed by atoms with Crippen molar-refractivity contribution in [1.29, 1.82) is 0 Å². The van der Waals surface area contributed by atoms with Crippen LogP contribution in [0.5, 0.6) is 0 Å². The summed E-state index contributed by atoms with van der Waals surface area (Å²) < 4.78 is 7.77. The molecule has 1 fully saturated rings. The highest BCUT2D eigenvalue weighted by Gasteiger charge is 2.30. The van der Waals surface area contributed by atoms with Gasteiger partial charge in [0.1, 0.15) is 5.60 Å². The van der Waals surface area contributed by atoms with Gasteiger partial charge in [-0.05, 0) is 46.3 Å². The van der Waals surface area contributed by atoms with Crippen molar-refractivity contribution < 1.29 is 9.53 Å². The van der Waals surface area contributed by atoms with Crippen LogP contribution in [0.1, 0.15) is 46.2 Å². The summed E-state index contributed by atoms with van der Waals surface area (Å²) in [5.41, 5.74) is 0.699. The zero-order valence-corrected chi connectivity index (χ0v) is 14.8. The number of amides is 1. The second-order valence-corrected chi connectivity index (χ2v) is 8.78. The number of hydrogen-bond donors (Lipinski definition) is 1. The molecule has 0 aliphatic carbocycles. The number of nitrogens with one attached hydrogen (secondary N) is 1. The highest BCUT2D eigenvalue weighted by molar-refractivity contribution is 8.00. The van der Waals surface area contributed by atoms with Crippen molar-refractivity contribution in [2.75, 3.05) is 12.3 Å². The van der Waals surface area contributed by atoms with E-state index < -0.39 is 5.60 Å².